The number of nitrogen functional groups attached to an aromatic ring is 1. The summed E-state index contributed by atoms with van der Waals surface area (Å²) in [6.45, 7) is 4.00. The number of benzene rings is 2. The van der Waals surface area contributed by atoms with Gasteiger partial charge in [0.15, 0.2) is 11.6 Å². The molecule has 2 N–H and O–H groups in total. The Bertz CT molecular complexity index is 1990. The van der Waals surface area contributed by atoms with Crippen LogP contribution in [0.2, 0.25) is 5.02 Å². The quantitative estimate of drug-likeness (QED) is 0.221. The van der Waals surface area contributed by atoms with Gasteiger partial charge in [-0.2, -0.15) is 9.97 Å². The summed E-state index contributed by atoms with van der Waals surface area (Å²) < 4.78 is 44.2. The molecule has 0 saturated carbocycles. The van der Waals surface area contributed by atoms with Gasteiger partial charge in [0.1, 0.15) is 36.5 Å². The second-order valence-electron chi connectivity index (χ2n) is 12.3. The van der Waals surface area contributed by atoms with E-state index in [0.29, 0.717) is 42.2 Å². The van der Waals surface area contributed by atoms with Crippen LogP contribution in [0.5, 0.6) is 11.8 Å². The number of halogens is 3. The molecule has 0 aliphatic carbocycles. The number of hydrogen-bond acceptors (Lipinski definition) is 9. The number of pyridine rings is 2. The lowest BCUT2D eigenvalue weighted by atomic mass is 9.95. The van der Waals surface area contributed by atoms with Crippen LogP contribution in [0, 0.1) is 5.82 Å². The number of rotatable bonds is 6. The largest absolute Gasteiger partial charge is 0.489 e. The molecule has 3 aliphatic heterocycles. The molecule has 46 heavy (non-hydrogen) atoms. The van der Waals surface area contributed by atoms with Crippen molar-refractivity contribution in [1.29, 1.82) is 0 Å². The molecule has 6 heterocycles. The van der Waals surface area contributed by atoms with Crippen LogP contribution in [0.4, 0.5) is 20.4 Å². The van der Waals surface area contributed by atoms with E-state index in [2.05, 4.69) is 19.9 Å². The van der Waals surface area contributed by atoms with Crippen molar-refractivity contribution in [3.05, 3.63) is 71.3 Å². The van der Waals surface area contributed by atoms with E-state index in [1.807, 2.05) is 54.3 Å². The molecule has 3 atom stereocenters. The van der Waals surface area contributed by atoms with E-state index in [9.17, 15) is 4.39 Å². The molecule has 3 aromatic heterocycles. The highest BCUT2D eigenvalue weighted by Gasteiger charge is 2.49. The Morgan fingerprint density at radius 3 is 2.87 bits per heavy atom. The first-order valence-corrected chi connectivity index (χ1v) is 15.9. The summed E-state index contributed by atoms with van der Waals surface area (Å²) in [5.41, 5.74) is 7.10. The van der Waals surface area contributed by atoms with E-state index in [1.165, 1.54) is 0 Å². The molecule has 8 rings (SSSR count). The number of nitrogens with zero attached hydrogens (tertiary/aromatic N) is 6. The zero-order valence-corrected chi connectivity index (χ0v) is 26.0. The molecule has 3 aliphatic rings. The first-order chi connectivity index (χ1) is 22.3. The van der Waals surface area contributed by atoms with E-state index >= 15 is 4.39 Å². The SMILES string of the molecule is C[C@H](c1cccnc1N)N1CCOc2c(Cl)c(-c3nccc4ccccc34)c(F)c3nc(OC[C@@]45CCCN4C[C@H](F)C5)nc1c23. The minimum Gasteiger partial charge on any atom is -0.489 e. The average molecular weight is 644 g/mol. The van der Waals surface area contributed by atoms with Gasteiger partial charge in [-0.15, -0.1) is 0 Å². The summed E-state index contributed by atoms with van der Waals surface area (Å²) in [7, 11) is 0. The van der Waals surface area contributed by atoms with Crippen LogP contribution < -0.4 is 20.1 Å². The summed E-state index contributed by atoms with van der Waals surface area (Å²) in [6, 6.07) is 12.9. The van der Waals surface area contributed by atoms with Gasteiger partial charge < -0.3 is 20.1 Å². The monoisotopic (exact) mass is 643 g/mol. The van der Waals surface area contributed by atoms with E-state index in [4.69, 9.17) is 31.8 Å². The molecule has 0 radical (unpaired) electrons. The third-order valence-electron chi connectivity index (χ3n) is 9.72. The van der Waals surface area contributed by atoms with Gasteiger partial charge in [-0.1, -0.05) is 41.9 Å². The smallest absolute Gasteiger partial charge is 0.319 e. The first-order valence-electron chi connectivity index (χ1n) is 15.5. The lowest BCUT2D eigenvalue weighted by molar-refractivity contribution is 0.107. The van der Waals surface area contributed by atoms with Crippen molar-refractivity contribution in [2.24, 2.45) is 0 Å². The summed E-state index contributed by atoms with van der Waals surface area (Å²) in [5, 5.41) is 2.04. The Morgan fingerprint density at radius 2 is 2.00 bits per heavy atom. The Balaban J connectivity index is 1.33. The average Bonchev–Trinajstić information content (AvgIpc) is 3.51. The van der Waals surface area contributed by atoms with E-state index in [0.717, 1.165) is 35.7 Å². The molecule has 2 saturated heterocycles. The van der Waals surface area contributed by atoms with Crippen LogP contribution in [0.3, 0.4) is 0 Å². The van der Waals surface area contributed by atoms with Crippen LogP contribution >= 0.6 is 11.6 Å². The summed E-state index contributed by atoms with van der Waals surface area (Å²) >= 11 is 7.06. The number of alkyl halides is 1. The standard InChI is InChI=1S/C34H32ClF2N7O2/c1-19(22-8-4-11-40-31(22)38)44-14-15-45-30-25-29(27(37)24(26(30)35)28-23-7-3-2-6-20(23)9-12-39-28)41-33(42-32(25)44)46-18-34-10-5-13-43(34)17-21(36)16-34/h2-4,6-9,11-12,19,21H,5,10,13-18H2,1H3,(H2,38,40)/t19-,21-,34+/m1/s1. The molecular formula is C34H32ClF2N7O2. The van der Waals surface area contributed by atoms with E-state index in [1.54, 1.807) is 12.4 Å². The van der Waals surface area contributed by atoms with Crippen LogP contribution in [-0.4, -0.2) is 69.4 Å². The van der Waals surface area contributed by atoms with Gasteiger partial charge in [0.05, 0.1) is 39.8 Å². The lowest BCUT2D eigenvalue weighted by Crippen LogP contribution is -2.43. The third kappa shape index (κ3) is 4.59. The van der Waals surface area contributed by atoms with E-state index in [-0.39, 0.29) is 47.1 Å². The number of aromatic nitrogens is 4. The predicted molar refractivity (Wildman–Crippen MR) is 174 cm³/mol. The summed E-state index contributed by atoms with van der Waals surface area (Å²) in [6.07, 6.45) is 4.52. The molecule has 2 fully saturated rings. The molecule has 0 bridgehead atoms. The first kappa shape index (κ1) is 29.1. The fraction of sp³-hybridized carbons (Fsp3) is 0.353. The van der Waals surface area contributed by atoms with Crippen LogP contribution in [-0.2, 0) is 0 Å². The normalized spacial score (nSPS) is 21.7. The van der Waals surface area contributed by atoms with Crippen molar-refractivity contribution in [1.82, 2.24) is 24.8 Å². The molecule has 5 aromatic rings. The Hall–Kier alpha value is -4.35. The predicted octanol–water partition coefficient (Wildman–Crippen LogP) is 6.53. The Morgan fingerprint density at radius 1 is 1.13 bits per heavy atom. The number of anilines is 2. The number of ether oxygens (including phenoxy) is 2. The lowest BCUT2D eigenvalue weighted by Gasteiger charge is -2.32. The highest BCUT2D eigenvalue weighted by Crippen LogP contribution is 2.49. The van der Waals surface area contributed by atoms with Crippen molar-refractivity contribution in [2.45, 2.75) is 43.9 Å². The highest BCUT2D eigenvalue weighted by atomic mass is 35.5. The van der Waals surface area contributed by atoms with Gasteiger partial charge in [-0.3, -0.25) is 9.88 Å². The summed E-state index contributed by atoms with van der Waals surface area (Å²) in [5.74, 6) is 0.392. The maximum Gasteiger partial charge on any atom is 0.319 e. The second kappa shape index (κ2) is 11.2. The minimum absolute atomic E-state index is 0.00189. The van der Waals surface area contributed by atoms with Crippen molar-refractivity contribution < 1.29 is 18.3 Å². The molecule has 12 heteroatoms. The number of nitrogens with two attached hydrogens (primary N) is 1. The highest BCUT2D eigenvalue weighted by molar-refractivity contribution is 6.37. The van der Waals surface area contributed by atoms with Crippen molar-refractivity contribution >= 4 is 44.9 Å². The zero-order valence-electron chi connectivity index (χ0n) is 25.2. The van der Waals surface area contributed by atoms with Crippen molar-refractivity contribution in [3.8, 4) is 23.0 Å². The van der Waals surface area contributed by atoms with E-state index < -0.39 is 17.5 Å². The van der Waals surface area contributed by atoms with Gasteiger partial charge in [0.2, 0.25) is 0 Å². The van der Waals surface area contributed by atoms with Crippen LogP contribution in [0.15, 0.2) is 54.9 Å². The Labute approximate surface area is 269 Å². The molecule has 0 spiro atoms. The van der Waals surface area contributed by atoms with Crippen molar-refractivity contribution in [2.75, 3.05) is 43.5 Å². The van der Waals surface area contributed by atoms with Gasteiger partial charge in [-0.25, -0.2) is 13.8 Å². The fourth-order valence-corrected chi connectivity index (χ4v) is 7.82. The van der Waals surface area contributed by atoms with Gasteiger partial charge in [-0.05, 0) is 43.8 Å². The molecular weight excluding hydrogens is 612 g/mol. The zero-order chi connectivity index (χ0) is 31.6. The molecule has 0 amide bonds. The molecule has 9 nitrogen and oxygen atoms in total. The third-order valence-corrected chi connectivity index (χ3v) is 10.1. The van der Waals surface area contributed by atoms with Gasteiger partial charge in [0, 0.05) is 36.3 Å². The maximum atomic E-state index is 17.1. The van der Waals surface area contributed by atoms with Crippen molar-refractivity contribution in [3.63, 3.8) is 0 Å². The second-order valence-corrected chi connectivity index (χ2v) is 12.7. The Kier molecular flexibility index (Phi) is 7.06. The molecule has 2 aromatic carbocycles. The van der Waals surface area contributed by atoms with Gasteiger partial charge >= 0.3 is 6.01 Å². The molecule has 0 unspecified atom stereocenters. The van der Waals surface area contributed by atoms with Crippen LogP contribution in [0.1, 0.15) is 37.8 Å². The number of fused-ring (bicyclic) bond motifs is 2. The van der Waals surface area contributed by atoms with Gasteiger partial charge in [0.25, 0.3) is 0 Å². The summed E-state index contributed by atoms with van der Waals surface area (Å²) in [4.78, 5) is 22.5. The number of hydrogen-bond donors (Lipinski definition) is 1. The topological polar surface area (TPSA) is 103 Å². The van der Waals surface area contributed by atoms with Crippen LogP contribution in [0.25, 0.3) is 32.9 Å². The fourth-order valence-electron chi connectivity index (χ4n) is 7.50. The minimum atomic E-state index is -0.914. The maximum absolute atomic E-state index is 17.1. The molecule has 236 valence electrons.